The molecule has 0 rings (SSSR count). The zero-order chi connectivity index (χ0) is 8.36. The standard InChI is InChI=1S/C6H16N2OS/c1-5(2)8-10(7,9)6(3)4/h5-6H,1-4H3,(H2,7,8,9). The third kappa shape index (κ3) is 3.17. The summed E-state index contributed by atoms with van der Waals surface area (Å²) >= 11 is 0. The van der Waals surface area contributed by atoms with E-state index in [1.54, 1.807) is 13.8 Å². The zero-order valence-electron chi connectivity index (χ0n) is 6.97. The molecule has 0 saturated heterocycles. The summed E-state index contributed by atoms with van der Waals surface area (Å²) in [6, 6.07) is 0.118. The molecule has 0 saturated carbocycles. The van der Waals surface area contributed by atoms with Gasteiger partial charge in [0.1, 0.15) is 9.92 Å². The second-order valence-electron chi connectivity index (χ2n) is 2.92. The highest BCUT2D eigenvalue weighted by Crippen LogP contribution is 1.98. The average Bonchev–Trinajstić information content (AvgIpc) is 1.60. The normalized spacial score (nSPS) is 17.8. The molecule has 62 valence electrons. The fraction of sp³-hybridized carbons (Fsp3) is 1.00. The monoisotopic (exact) mass is 164 g/mol. The molecular formula is C6H16N2OS. The largest absolute Gasteiger partial charge is 0.240 e. The smallest absolute Gasteiger partial charge is 0.107 e. The Hall–Kier alpha value is -0.0900. The molecular weight excluding hydrogens is 148 g/mol. The Morgan fingerprint density at radius 2 is 1.70 bits per heavy atom. The molecule has 0 aromatic rings. The van der Waals surface area contributed by atoms with Crippen LogP contribution in [0.4, 0.5) is 0 Å². The molecule has 0 aliphatic rings. The number of rotatable bonds is 3. The Morgan fingerprint density at radius 3 is 1.80 bits per heavy atom. The molecule has 0 radical (unpaired) electrons. The molecule has 0 bridgehead atoms. The van der Waals surface area contributed by atoms with Crippen molar-refractivity contribution in [2.75, 3.05) is 0 Å². The van der Waals surface area contributed by atoms with E-state index in [0.717, 1.165) is 0 Å². The van der Waals surface area contributed by atoms with Gasteiger partial charge in [0.25, 0.3) is 0 Å². The first kappa shape index (κ1) is 9.91. The quantitative estimate of drug-likeness (QED) is 0.650. The van der Waals surface area contributed by atoms with E-state index in [0.29, 0.717) is 0 Å². The minimum absolute atomic E-state index is 0.116. The van der Waals surface area contributed by atoms with Crippen LogP contribution < -0.4 is 4.72 Å². The third-order valence-electron chi connectivity index (χ3n) is 1.07. The molecule has 0 aromatic carbocycles. The van der Waals surface area contributed by atoms with Crippen molar-refractivity contribution < 1.29 is 4.21 Å². The molecule has 4 heteroatoms. The summed E-state index contributed by atoms with van der Waals surface area (Å²) in [5.74, 6) is 0. The van der Waals surface area contributed by atoms with Gasteiger partial charge in [-0.25, -0.2) is 13.7 Å². The summed E-state index contributed by atoms with van der Waals surface area (Å²) < 4.78 is 21.3. The summed E-state index contributed by atoms with van der Waals surface area (Å²) in [6.45, 7) is 7.34. The highest BCUT2D eigenvalue weighted by Gasteiger charge is 2.11. The first-order valence-corrected chi connectivity index (χ1v) is 5.03. The van der Waals surface area contributed by atoms with Gasteiger partial charge < -0.3 is 0 Å². The van der Waals surface area contributed by atoms with Gasteiger partial charge in [0.05, 0.1) is 5.25 Å². The highest BCUT2D eigenvalue weighted by molar-refractivity contribution is 7.91. The molecule has 0 spiro atoms. The van der Waals surface area contributed by atoms with Crippen molar-refractivity contribution in [3.05, 3.63) is 0 Å². The predicted molar refractivity (Wildman–Crippen MR) is 44.3 cm³/mol. The van der Waals surface area contributed by atoms with Gasteiger partial charge in [-0.2, -0.15) is 0 Å². The van der Waals surface area contributed by atoms with E-state index < -0.39 is 9.92 Å². The Balaban J connectivity index is 4.16. The molecule has 10 heavy (non-hydrogen) atoms. The van der Waals surface area contributed by atoms with Crippen molar-refractivity contribution in [1.82, 2.24) is 4.72 Å². The summed E-state index contributed by atoms with van der Waals surface area (Å²) in [5, 5.41) is -0.116. The van der Waals surface area contributed by atoms with E-state index in [-0.39, 0.29) is 11.3 Å². The van der Waals surface area contributed by atoms with E-state index in [1.807, 2.05) is 13.8 Å². The second kappa shape index (κ2) is 3.34. The fourth-order valence-electron chi connectivity index (χ4n) is 0.486. The Morgan fingerprint density at radius 1 is 1.30 bits per heavy atom. The van der Waals surface area contributed by atoms with Crippen molar-refractivity contribution >= 4 is 9.92 Å². The Labute approximate surface area is 63.3 Å². The van der Waals surface area contributed by atoms with Crippen LogP contribution in [0.2, 0.25) is 0 Å². The SMILES string of the molecule is CC(C)NS(=N)(=O)C(C)C. The summed E-state index contributed by atoms with van der Waals surface area (Å²) in [5.41, 5.74) is 0. The van der Waals surface area contributed by atoms with Gasteiger partial charge in [0, 0.05) is 6.04 Å². The molecule has 1 unspecified atom stereocenters. The molecule has 0 amide bonds. The summed E-state index contributed by atoms with van der Waals surface area (Å²) in [4.78, 5) is 0. The average molecular weight is 164 g/mol. The van der Waals surface area contributed by atoms with Crippen LogP contribution >= 0.6 is 0 Å². The lowest BCUT2D eigenvalue weighted by atomic mass is 10.4. The number of hydrogen-bond acceptors (Lipinski definition) is 2. The summed E-state index contributed by atoms with van der Waals surface area (Å²) in [6.07, 6.45) is 0. The fourth-order valence-corrected chi connectivity index (χ4v) is 1.46. The third-order valence-corrected chi connectivity index (χ3v) is 3.22. The van der Waals surface area contributed by atoms with Crippen LogP contribution in [0.25, 0.3) is 0 Å². The Bertz CT molecular complexity index is 182. The second-order valence-corrected chi connectivity index (χ2v) is 5.30. The minimum atomic E-state index is -2.55. The number of nitrogens with one attached hydrogen (secondary N) is 2. The van der Waals surface area contributed by atoms with E-state index in [2.05, 4.69) is 4.72 Å². The van der Waals surface area contributed by atoms with Gasteiger partial charge in [0.2, 0.25) is 0 Å². The molecule has 0 heterocycles. The highest BCUT2D eigenvalue weighted by atomic mass is 32.2. The van der Waals surface area contributed by atoms with Gasteiger partial charge in [-0.05, 0) is 27.7 Å². The van der Waals surface area contributed by atoms with Crippen LogP contribution in [-0.2, 0) is 9.92 Å². The topological polar surface area (TPSA) is 53.0 Å². The van der Waals surface area contributed by atoms with Crippen LogP contribution in [0.15, 0.2) is 0 Å². The van der Waals surface area contributed by atoms with E-state index >= 15 is 0 Å². The molecule has 3 nitrogen and oxygen atoms in total. The lowest BCUT2D eigenvalue weighted by Gasteiger charge is -2.14. The van der Waals surface area contributed by atoms with Crippen LogP contribution in [0.3, 0.4) is 0 Å². The predicted octanol–water partition coefficient (Wildman–Crippen LogP) is 1.35. The molecule has 0 aromatic heterocycles. The van der Waals surface area contributed by atoms with Crippen molar-refractivity contribution in [3.63, 3.8) is 0 Å². The summed E-state index contributed by atoms with van der Waals surface area (Å²) in [7, 11) is -2.55. The van der Waals surface area contributed by atoms with E-state index in [4.69, 9.17) is 4.78 Å². The van der Waals surface area contributed by atoms with E-state index in [9.17, 15) is 4.21 Å². The van der Waals surface area contributed by atoms with Crippen LogP contribution in [0, 0.1) is 4.78 Å². The van der Waals surface area contributed by atoms with Crippen LogP contribution in [-0.4, -0.2) is 15.5 Å². The maximum atomic E-state index is 11.3. The van der Waals surface area contributed by atoms with Gasteiger partial charge in [-0.1, -0.05) is 0 Å². The molecule has 0 aliphatic carbocycles. The maximum Gasteiger partial charge on any atom is 0.107 e. The van der Waals surface area contributed by atoms with Crippen molar-refractivity contribution in [2.24, 2.45) is 0 Å². The molecule has 0 aliphatic heterocycles. The molecule has 2 N–H and O–H groups in total. The van der Waals surface area contributed by atoms with Crippen molar-refractivity contribution in [1.29, 1.82) is 4.78 Å². The molecule has 1 atom stereocenters. The molecule has 0 fully saturated rings. The lowest BCUT2D eigenvalue weighted by Crippen LogP contribution is -2.34. The van der Waals surface area contributed by atoms with E-state index in [1.165, 1.54) is 0 Å². The first-order chi connectivity index (χ1) is 4.36. The van der Waals surface area contributed by atoms with Crippen molar-refractivity contribution in [2.45, 2.75) is 39.0 Å². The van der Waals surface area contributed by atoms with Crippen LogP contribution in [0.5, 0.6) is 0 Å². The minimum Gasteiger partial charge on any atom is -0.240 e. The maximum absolute atomic E-state index is 11.3. The van der Waals surface area contributed by atoms with Crippen LogP contribution in [0.1, 0.15) is 27.7 Å². The van der Waals surface area contributed by atoms with Gasteiger partial charge in [0.15, 0.2) is 0 Å². The Kier molecular flexibility index (Phi) is 3.31. The van der Waals surface area contributed by atoms with Gasteiger partial charge in [-0.15, -0.1) is 0 Å². The van der Waals surface area contributed by atoms with Gasteiger partial charge in [-0.3, -0.25) is 0 Å². The number of hydrogen-bond donors (Lipinski definition) is 2. The van der Waals surface area contributed by atoms with Crippen molar-refractivity contribution in [3.8, 4) is 0 Å². The lowest BCUT2D eigenvalue weighted by molar-refractivity contribution is 0.637. The zero-order valence-corrected chi connectivity index (χ0v) is 7.79. The van der Waals surface area contributed by atoms with Gasteiger partial charge >= 0.3 is 0 Å². The first-order valence-electron chi connectivity index (χ1n) is 3.41.